The van der Waals surface area contributed by atoms with Gasteiger partial charge < -0.3 is 5.11 Å². The second kappa shape index (κ2) is 5.47. The number of hydrogen-bond donors (Lipinski definition) is 2. The summed E-state index contributed by atoms with van der Waals surface area (Å²) in [5, 5.41) is 8.97. The molecule has 0 fully saturated rings. The fourth-order valence-corrected chi connectivity index (χ4v) is 2.15. The number of phenolic OH excluding ortho intramolecular Hbond substituents is 1. The van der Waals surface area contributed by atoms with Crippen LogP contribution in [-0.4, -0.2) is 25.6 Å². The molecule has 0 unspecified atom stereocenters. The van der Waals surface area contributed by atoms with E-state index < -0.39 is 34.9 Å². The second-order valence-corrected chi connectivity index (χ2v) is 5.32. The molecule has 5 nitrogen and oxygen atoms in total. The third kappa shape index (κ3) is 5.16. The molecular formula is C10H10F3NO4S. The summed E-state index contributed by atoms with van der Waals surface area (Å²) in [5.74, 6) is -1.42. The van der Waals surface area contributed by atoms with Crippen LogP contribution in [0, 0.1) is 0 Å². The van der Waals surface area contributed by atoms with Gasteiger partial charge >= 0.3 is 6.18 Å². The number of benzene rings is 1. The zero-order valence-corrected chi connectivity index (χ0v) is 10.3. The van der Waals surface area contributed by atoms with Crippen molar-refractivity contribution in [3.8, 4) is 5.75 Å². The lowest BCUT2D eigenvalue weighted by Crippen LogP contribution is -2.31. The summed E-state index contributed by atoms with van der Waals surface area (Å²) in [6.07, 6.45) is -6.90. The Bertz CT molecular complexity index is 551. The van der Waals surface area contributed by atoms with Crippen molar-refractivity contribution in [2.75, 3.05) is 0 Å². The smallest absolute Gasteiger partial charge is 0.389 e. The zero-order valence-electron chi connectivity index (χ0n) is 9.44. The summed E-state index contributed by atoms with van der Waals surface area (Å²) in [4.78, 5) is 10.8. The average molecular weight is 297 g/mol. The molecule has 2 N–H and O–H groups in total. The van der Waals surface area contributed by atoms with Crippen molar-refractivity contribution in [1.29, 1.82) is 0 Å². The van der Waals surface area contributed by atoms with Gasteiger partial charge in [-0.25, -0.2) is 13.1 Å². The number of amides is 1. The molecule has 1 aromatic carbocycles. The number of rotatable bonds is 4. The molecule has 0 bridgehead atoms. The van der Waals surface area contributed by atoms with Gasteiger partial charge in [-0.1, -0.05) is 0 Å². The molecule has 0 atom stereocenters. The lowest BCUT2D eigenvalue weighted by atomic mass is 10.3. The van der Waals surface area contributed by atoms with Gasteiger partial charge in [0.1, 0.15) is 5.75 Å². The SMILES string of the molecule is O=C(CCC(F)(F)F)NS(=O)(=O)c1ccc(O)cc1. The van der Waals surface area contributed by atoms with Crippen LogP contribution in [0.4, 0.5) is 13.2 Å². The van der Waals surface area contributed by atoms with Gasteiger partial charge in [-0.15, -0.1) is 0 Å². The van der Waals surface area contributed by atoms with Crippen LogP contribution in [0.1, 0.15) is 12.8 Å². The van der Waals surface area contributed by atoms with Gasteiger partial charge in [0, 0.05) is 6.42 Å². The number of carbonyl (C=O) groups is 1. The molecule has 106 valence electrons. The van der Waals surface area contributed by atoms with E-state index in [1.807, 2.05) is 0 Å². The first-order chi connectivity index (χ1) is 8.60. The molecule has 0 aliphatic heterocycles. The minimum atomic E-state index is -4.53. The monoisotopic (exact) mass is 297 g/mol. The van der Waals surface area contributed by atoms with E-state index in [0.29, 0.717) is 0 Å². The van der Waals surface area contributed by atoms with Crippen LogP contribution in [-0.2, 0) is 14.8 Å². The molecule has 1 rings (SSSR count). The highest BCUT2D eigenvalue weighted by molar-refractivity contribution is 7.90. The van der Waals surface area contributed by atoms with E-state index in [9.17, 15) is 26.4 Å². The van der Waals surface area contributed by atoms with Crippen LogP contribution < -0.4 is 4.72 Å². The molecule has 0 radical (unpaired) electrons. The molecule has 0 spiro atoms. The van der Waals surface area contributed by atoms with E-state index in [2.05, 4.69) is 0 Å². The number of carbonyl (C=O) groups excluding carboxylic acids is 1. The highest BCUT2D eigenvalue weighted by Crippen LogP contribution is 2.21. The molecule has 19 heavy (non-hydrogen) atoms. The van der Waals surface area contributed by atoms with Crippen LogP contribution in [0.25, 0.3) is 0 Å². The van der Waals surface area contributed by atoms with E-state index in [4.69, 9.17) is 5.11 Å². The second-order valence-electron chi connectivity index (χ2n) is 3.64. The van der Waals surface area contributed by atoms with Crippen molar-refractivity contribution >= 4 is 15.9 Å². The first kappa shape index (κ1) is 15.3. The molecule has 0 aliphatic rings. The summed E-state index contributed by atoms with van der Waals surface area (Å²) in [7, 11) is -4.22. The Morgan fingerprint density at radius 3 is 2.21 bits per heavy atom. The number of sulfonamides is 1. The summed E-state index contributed by atoms with van der Waals surface area (Å²) in [6.45, 7) is 0. The normalized spacial score (nSPS) is 12.2. The Morgan fingerprint density at radius 2 is 1.74 bits per heavy atom. The lowest BCUT2D eigenvalue weighted by Gasteiger charge is -2.08. The topological polar surface area (TPSA) is 83.5 Å². The lowest BCUT2D eigenvalue weighted by molar-refractivity contribution is -0.143. The quantitative estimate of drug-likeness (QED) is 0.883. The Labute approximate surface area is 107 Å². The van der Waals surface area contributed by atoms with Crippen molar-refractivity contribution in [2.45, 2.75) is 23.9 Å². The molecule has 9 heteroatoms. The van der Waals surface area contributed by atoms with Crippen molar-refractivity contribution in [1.82, 2.24) is 4.72 Å². The van der Waals surface area contributed by atoms with Crippen LogP contribution in [0.2, 0.25) is 0 Å². The summed E-state index contributed by atoms with van der Waals surface area (Å²) < 4.78 is 60.3. The largest absolute Gasteiger partial charge is 0.508 e. The molecule has 0 aromatic heterocycles. The van der Waals surface area contributed by atoms with Gasteiger partial charge in [-0.3, -0.25) is 4.79 Å². The van der Waals surface area contributed by atoms with Gasteiger partial charge in [0.25, 0.3) is 10.0 Å². The minimum absolute atomic E-state index is 0.178. The van der Waals surface area contributed by atoms with E-state index in [1.54, 1.807) is 0 Å². The van der Waals surface area contributed by atoms with Crippen molar-refractivity contribution in [3.63, 3.8) is 0 Å². The Morgan fingerprint density at radius 1 is 1.21 bits per heavy atom. The van der Waals surface area contributed by atoms with Crippen LogP contribution >= 0.6 is 0 Å². The third-order valence-corrected chi connectivity index (χ3v) is 3.42. The highest BCUT2D eigenvalue weighted by atomic mass is 32.2. The van der Waals surface area contributed by atoms with Crippen LogP contribution in [0.15, 0.2) is 29.2 Å². The van der Waals surface area contributed by atoms with E-state index in [0.717, 1.165) is 24.3 Å². The third-order valence-electron chi connectivity index (χ3n) is 2.03. The van der Waals surface area contributed by atoms with Gasteiger partial charge in [0.2, 0.25) is 5.91 Å². The first-order valence-electron chi connectivity index (χ1n) is 5.01. The highest BCUT2D eigenvalue weighted by Gasteiger charge is 2.29. The predicted molar refractivity (Wildman–Crippen MR) is 58.7 cm³/mol. The molecule has 0 heterocycles. The minimum Gasteiger partial charge on any atom is -0.508 e. The summed E-state index contributed by atoms with van der Waals surface area (Å²) in [5.41, 5.74) is 0. The number of phenols is 1. The average Bonchev–Trinajstić information content (AvgIpc) is 2.25. The van der Waals surface area contributed by atoms with Crippen molar-refractivity contribution in [3.05, 3.63) is 24.3 Å². The Balaban J connectivity index is 2.70. The van der Waals surface area contributed by atoms with E-state index in [1.165, 1.54) is 4.72 Å². The predicted octanol–water partition coefficient (Wildman–Crippen LogP) is 1.54. The fourth-order valence-electron chi connectivity index (χ4n) is 1.14. The number of hydrogen-bond acceptors (Lipinski definition) is 4. The fraction of sp³-hybridized carbons (Fsp3) is 0.300. The zero-order chi connectivity index (χ0) is 14.7. The number of nitrogens with one attached hydrogen (secondary N) is 1. The number of aromatic hydroxyl groups is 1. The van der Waals surface area contributed by atoms with Crippen LogP contribution in [0.3, 0.4) is 0 Å². The van der Waals surface area contributed by atoms with Gasteiger partial charge in [-0.05, 0) is 24.3 Å². The maximum atomic E-state index is 11.9. The summed E-state index contributed by atoms with van der Waals surface area (Å²) in [6, 6.07) is 4.20. The molecule has 1 amide bonds. The van der Waals surface area contributed by atoms with Crippen molar-refractivity contribution < 1.29 is 31.5 Å². The van der Waals surface area contributed by atoms with Gasteiger partial charge in [-0.2, -0.15) is 13.2 Å². The maximum Gasteiger partial charge on any atom is 0.389 e. The van der Waals surface area contributed by atoms with Crippen LogP contribution in [0.5, 0.6) is 5.75 Å². The summed E-state index contributed by atoms with van der Waals surface area (Å²) >= 11 is 0. The van der Waals surface area contributed by atoms with E-state index in [-0.39, 0.29) is 10.6 Å². The standard InChI is InChI=1S/C10H10F3NO4S/c11-10(12,13)6-5-9(16)14-19(17,18)8-3-1-7(15)2-4-8/h1-4,15H,5-6H2,(H,14,16). The number of alkyl halides is 3. The Hall–Kier alpha value is -1.77. The molecule has 0 saturated heterocycles. The molecule has 1 aromatic rings. The van der Waals surface area contributed by atoms with E-state index >= 15 is 0 Å². The van der Waals surface area contributed by atoms with Gasteiger partial charge in [0.05, 0.1) is 11.3 Å². The first-order valence-corrected chi connectivity index (χ1v) is 6.50. The molecule has 0 aliphatic carbocycles. The maximum absolute atomic E-state index is 11.9. The van der Waals surface area contributed by atoms with Crippen molar-refractivity contribution in [2.24, 2.45) is 0 Å². The molecular weight excluding hydrogens is 287 g/mol. The van der Waals surface area contributed by atoms with Gasteiger partial charge in [0.15, 0.2) is 0 Å². The Kier molecular flexibility index (Phi) is 4.40. The molecule has 0 saturated carbocycles. The number of halogens is 3.